The summed E-state index contributed by atoms with van der Waals surface area (Å²) in [5.41, 5.74) is 1.93. The van der Waals surface area contributed by atoms with Gasteiger partial charge in [-0.25, -0.2) is 10.1 Å². The minimum absolute atomic E-state index is 0.0949. The van der Waals surface area contributed by atoms with Crippen LogP contribution in [0.5, 0.6) is 0 Å². The summed E-state index contributed by atoms with van der Waals surface area (Å²) in [6, 6.07) is 8.28. The van der Waals surface area contributed by atoms with Crippen LogP contribution in [0.3, 0.4) is 0 Å². The zero-order valence-electron chi connectivity index (χ0n) is 14.4. The van der Waals surface area contributed by atoms with Gasteiger partial charge in [-0.15, -0.1) is 5.10 Å². The molecule has 2 aromatic heterocycles. The van der Waals surface area contributed by atoms with Gasteiger partial charge in [0.15, 0.2) is 5.16 Å². The van der Waals surface area contributed by atoms with Crippen LogP contribution in [-0.4, -0.2) is 36.8 Å². The van der Waals surface area contributed by atoms with Crippen LogP contribution in [0, 0.1) is 0 Å². The maximum Gasteiger partial charge on any atom is 0.233 e. The third-order valence-corrected chi connectivity index (χ3v) is 5.91. The summed E-state index contributed by atoms with van der Waals surface area (Å²) in [6.07, 6.45) is 7.20. The average molecular weight is 357 g/mol. The lowest BCUT2D eigenvalue weighted by Crippen LogP contribution is -2.39. The Hall–Kier alpha value is -2.02. The van der Waals surface area contributed by atoms with E-state index in [1.807, 2.05) is 35.6 Å². The molecule has 0 spiro atoms. The van der Waals surface area contributed by atoms with Crippen LogP contribution in [0.15, 0.2) is 29.4 Å². The number of rotatable bonds is 4. The second kappa shape index (κ2) is 7.07. The smallest absolute Gasteiger partial charge is 0.233 e. The molecule has 1 saturated carbocycles. The maximum atomic E-state index is 12.6. The fourth-order valence-electron chi connectivity index (χ4n) is 3.48. The third kappa shape index (κ3) is 3.38. The molecular weight excluding hydrogens is 334 g/mol. The van der Waals surface area contributed by atoms with Gasteiger partial charge in [0.1, 0.15) is 0 Å². The molecule has 132 valence electrons. The van der Waals surface area contributed by atoms with E-state index in [2.05, 4.69) is 20.5 Å². The first kappa shape index (κ1) is 16.4. The first-order valence-electron chi connectivity index (χ1n) is 9.01. The fourth-order valence-corrected chi connectivity index (χ4v) is 4.36. The zero-order chi connectivity index (χ0) is 17.2. The molecular formula is C18H23N5OS. The summed E-state index contributed by atoms with van der Waals surface area (Å²) in [5, 5.41) is 11.1. The molecule has 0 aliphatic heterocycles. The number of carbonyl (C=O) groups excluding carboxylic acids is 1. The number of fused-ring (bicyclic) bond motifs is 3. The van der Waals surface area contributed by atoms with E-state index in [1.54, 1.807) is 0 Å². The largest absolute Gasteiger partial charge is 0.352 e. The van der Waals surface area contributed by atoms with Crippen LogP contribution in [0.1, 0.15) is 45.4 Å². The van der Waals surface area contributed by atoms with Crippen molar-refractivity contribution >= 4 is 34.5 Å². The Balaban J connectivity index is 1.49. The fraction of sp³-hybridized carbons (Fsp3) is 0.500. The molecule has 1 atom stereocenters. The van der Waals surface area contributed by atoms with Crippen LogP contribution in [-0.2, 0) is 4.79 Å². The van der Waals surface area contributed by atoms with E-state index in [0.717, 1.165) is 29.0 Å². The van der Waals surface area contributed by atoms with Crippen LogP contribution in [0.2, 0.25) is 0 Å². The van der Waals surface area contributed by atoms with Gasteiger partial charge in [0.2, 0.25) is 11.7 Å². The summed E-state index contributed by atoms with van der Waals surface area (Å²) in [5.74, 6) is 0.803. The Morgan fingerprint density at radius 1 is 1.28 bits per heavy atom. The van der Waals surface area contributed by atoms with E-state index in [9.17, 15) is 4.79 Å². The molecule has 1 unspecified atom stereocenters. The molecule has 1 amide bonds. The number of aromatic nitrogens is 4. The molecule has 1 fully saturated rings. The highest BCUT2D eigenvalue weighted by atomic mass is 32.2. The molecule has 1 aliphatic rings. The number of H-pyrrole nitrogens is 1. The molecule has 4 rings (SSSR count). The number of nitrogens with one attached hydrogen (secondary N) is 2. The zero-order valence-corrected chi connectivity index (χ0v) is 15.2. The number of aromatic amines is 1. The van der Waals surface area contributed by atoms with E-state index >= 15 is 0 Å². The standard InChI is InChI=1S/C18H23N5OS/c1-12(16(24)19-13-8-4-2-3-5-9-13)25-18-22-21-17-20-14-10-6-7-11-15(14)23(17)18/h6-7,10-13H,2-5,8-9H2,1H3,(H,19,24)(H,20,21). The molecule has 25 heavy (non-hydrogen) atoms. The Bertz CT molecular complexity index is 878. The lowest BCUT2D eigenvalue weighted by atomic mass is 10.1. The van der Waals surface area contributed by atoms with Gasteiger partial charge in [-0.2, -0.15) is 0 Å². The van der Waals surface area contributed by atoms with Crippen molar-refractivity contribution in [3.8, 4) is 0 Å². The van der Waals surface area contributed by atoms with Crippen LogP contribution in [0.25, 0.3) is 16.8 Å². The predicted molar refractivity (Wildman–Crippen MR) is 99.8 cm³/mol. The Morgan fingerprint density at radius 2 is 2.04 bits per heavy atom. The number of benzene rings is 1. The average Bonchev–Trinajstić information content (AvgIpc) is 3.06. The lowest BCUT2D eigenvalue weighted by Gasteiger charge is -2.18. The minimum atomic E-state index is -0.198. The first-order valence-corrected chi connectivity index (χ1v) is 9.89. The van der Waals surface area contributed by atoms with Gasteiger partial charge in [-0.05, 0) is 31.9 Å². The molecule has 7 heteroatoms. The molecule has 1 aliphatic carbocycles. The highest BCUT2D eigenvalue weighted by molar-refractivity contribution is 8.00. The summed E-state index contributed by atoms with van der Waals surface area (Å²) in [7, 11) is 0. The number of amides is 1. The molecule has 2 N–H and O–H groups in total. The van der Waals surface area contributed by atoms with Crippen molar-refractivity contribution < 1.29 is 4.79 Å². The molecule has 0 saturated heterocycles. The van der Waals surface area contributed by atoms with Gasteiger partial charge in [-0.3, -0.25) is 9.20 Å². The number of para-hydroxylation sites is 2. The number of thioether (sulfide) groups is 1. The number of hydrogen-bond acceptors (Lipinski definition) is 4. The Kier molecular flexibility index (Phi) is 4.65. The van der Waals surface area contributed by atoms with Crippen molar-refractivity contribution in [3.63, 3.8) is 0 Å². The van der Waals surface area contributed by atoms with E-state index in [1.165, 1.54) is 37.4 Å². The maximum absolute atomic E-state index is 12.6. The number of imidazole rings is 1. The van der Waals surface area contributed by atoms with Gasteiger partial charge in [-0.1, -0.05) is 49.6 Å². The molecule has 2 heterocycles. The van der Waals surface area contributed by atoms with Crippen molar-refractivity contribution in [2.24, 2.45) is 0 Å². The van der Waals surface area contributed by atoms with Gasteiger partial charge in [0, 0.05) is 6.04 Å². The lowest BCUT2D eigenvalue weighted by molar-refractivity contribution is -0.121. The number of hydrogen-bond donors (Lipinski definition) is 2. The number of nitrogens with zero attached hydrogens (tertiary/aromatic N) is 3. The van der Waals surface area contributed by atoms with E-state index in [-0.39, 0.29) is 11.2 Å². The Labute approximate surface area is 150 Å². The monoisotopic (exact) mass is 357 g/mol. The molecule has 0 radical (unpaired) electrons. The SMILES string of the molecule is CC(Sc1n[nH]c2nc3ccccc3n12)C(=O)NC1CCCCCC1. The highest BCUT2D eigenvalue weighted by Gasteiger charge is 2.22. The van der Waals surface area contributed by atoms with Crippen LogP contribution >= 0.6 is 11.8 Å². The number of carbonyl (C=O) groups is 1. The summed E-state index contributed by atoms with van der Waals surface area (Å²) >= 11 is 1.47. The molecule has 6 nitrogen and oxygen atoms in total. The highest BCUT2D eigenvalue weighted by Crippen LogP contribution is 2.26. The summed E-state index contributed by atoms with van der Waals surface area (Å²) < 4.78 is 1.98. The van der Waals surface area contributed by atoms with Gasteiger partial charge < -0.3 is 5.32 Å². The van der Waals surface area contributed by atoms with Crippen molar-refractivity contribution in [2.45, 2.75) is 61.9 Å². The third-order valence-electron chi connectivity index (χ3n) is 4.86. The van der Waals surface area contributed by atoms with Gasteiger partial charge >= 0.3 is 0 Å². The second-order valence-electron chi connectivity index (χ2n) is 6.72. The Morgan fingerprint density at radius 3 is 2.84 bits per heavy atom. The van der Waals surface area contributed by atoms with E-state index in [0.29, 0.717) is 11.8 Å². The topological polar surface area (TPSA) is 75.1 Å². The predicted octanol–water partition coefficient (Wildman–Crippen LogP) is 3.53. The van der Waals surface area contributed by atoms with Crippen molar-refractivity contribution in [1.82, 2.24) is 24.9 Å². The second-order valence-corrected chi connectivity index (χ2v) is 8.03. The van der Waals surface area contributed by atoms with Gasteiger partial charge in [0.05, 0.1) is 16.3 Å². The van der Waals surface area contributed by atoms with Crippen LogP contribution < -0.4 is 5.32 Å². The first-order chi connectivity index (χ1) is 12.2. The van der Waals surface area contributed by atoms with Crippen molar-refractivity contribution in [2.75, 3.05) is 0 Å². The van der Waals surface area contributed by atoms with E-state index < -0.39 is 0 Å². The molecule has 0 bridgehead atoms. The normalized spacial score (nSPS) is 17.6. The van der Waals surface area contributed by atoms with Crippen molar-refractivity contribution in [1.29, 1.82) is 0 Å². The molecule has 1 aromatic carbocycles. The summed E-state index contributed by atoms with van der Waals surface area (Å²) in [4.78, 5) is 17.1. The summed E-state index contributed by atoms with van der Waals surface area (Å²) in [6.45, 7) is 1.94. The van der Waals surface area contributed by atoms with Gasteiger partial charge in [0.25, 0.3) is 0 Å². The quantitative estimate of drug-likeness (QED) is 0.553. The minimum Gasteiger partial charge on any atom is -0.352 e. The van der Waals surface area contributed by atoms with Crippen molar-refractivity contribution in [3.05, 3.63) is 24.3 Å². The van der Waals surface area contributed by atoms with Crippen LogP contribution in [0.4, 0.5) is 0 Å². The molecule has 3 aromatic rings. The van der Waals surface area contributed by atoms with E-state index in [4.69, 9.17) is 0 Å².